The number of amides is 1. The molecule has 1 atom stereocenters. The molecule has 6 nitrogen and oxygen atoms in total. The molecule has 0 aliphatic carbocycles. The molecule has 0 spiro atoms. The van der Waals surface area contributed by atoms with E-state index in [9.17, 15) is 9.59 Å². The molecule has 3 N–H and O–H groups in total. The fourth-order valence-corrected chi connectivity index (χ4v) is 1.89. The minimum absolute atomic E-state index is 0.0274. The van der Waals surface area contributed by atoms with Crippen LogP contribution in [-0.4, -0.2) is 45.1 Å². The Hall–Kier alpha value is -1.56. The van der Waals surface area contributed by atoms with Crippen molar-refractivity contribution < 1.29 is 9.90 Å². The van der Waals surface area contributed by atoms with Crippen molar-refractivity contribution in [3.05, 3.63) is 22.4 Å². The maximum atomic E-state index is 11.9. The van der Waals surface area contributed by atoms with E-state index in [4.69, 9.17) is 5.11 Å². The second kappa shape index (κ2) is 3.90. The van der Waals surface area contributed by atoms with Crippen LogP contribution in [0, 0.1) is 0 Å². The first kappa shape index (κ1) is 9.97. The van der Waals surface area contributed by atoms with Crippen LogP contribution in [0.4, 0.5) is 0 Å². The summed E-state index contributed by atoms with van der Waals surface area (Å²) in [6, 6.07) is -0.115. The predicted octanol–water partition coefficient (Wildman–Crippen LogP) is -0.700. The van der Waals surface area contributed by atoms with E-state index in [-0.39, 0.29) is 24.2 Å². The lowest BCUT2D eigenvalue weighted by atomic mass is 10.2. The van der Waals surface area contributed by atoms with Gasteiger partial charge in [-0.3, -0.25) is 4.79 Å². The Morgan fingerprint density at radius 3 is 3.07 bits per heavy atom. The monoisotopic (exact) mass is 211 g/mol. The molecule has 1 aromatic rings. The number of H-pyrrole nitrogens is 2. The van der Waals surface area contributed by atoms with Crippen molar-refractivity contribution in [2.45, 2.75) is 18.9 Å². The van der Waals surface area contributed by atoms with Crippen molar-refractivity contribution in [1.29, 1.82) is 0 Å². The smallest absolute Gasteiger partial charge is 0.323 e. The third-order valence-electron chi connectivity index (χ3n) is 2.67. The number of aliphatic hydroxyl groups is 1. The Balaban J connectivity index is 2.17. The van der Waals surface area contributed by atoms with Crippen LogP contribution in [-0.2, 0) is 0 Å². The second-order valence-electron chi connectivity index (χ2n) is 3.63. The number of imidazole rings is 1. The molecule has 1 amide bonds. The summed E-state index contributed by atoms with van der Waals surface area (Å²) in [5.74, 6) is -0.232. The normalized spacial score (nSPS) is 20.9. The fourth-order valence-electron chi connectivity index (χ4n) is 1.89. The highest BCUT2D eigenvalue weighted by molar-refractivity contribution is 5.92. The molecule has 6 heteroatoms. The summed E-state index contributed by atoms with van der Waals surface area (Å²) in [7, 11) is 0. The molecule has 2 rings (SSSR count). The third-order valence-corrected chi connectivity index (χ3v) is 2.67. The van der Waals surface area contributed by atoms with Crippen molar-refractivity contribution >= 4 is 5.91 Å². The molecular weight excluding hydrogens is 198 g/mol. The Morgan fingerprint density at radius 2 is 2.47 bits per heavy atom. The van der Waals surface area contributed by atoms with E-state index in [1.165, 1.54) is 6.20 Å². The molecule has 0 unspecified atom stereocenters. The Kier molecular flexibility index (Phi) is 2.59. The van der Waals surface area contributed by atoms with Crippen LogP contribution in [0.1, 0.15) is 23.3 Å². The minimum atomic E-state index is -0.391. The number of carbonyl (C=O) groups excluding carboxylic acids is 1. The van der Waals surface area contributed by atoms with E-state index in [0.717, 1.165) is 12.8 Å². The zero-order valence-electron chi connectivity index (χ0n) is 8.19. The maximum absolute atomic E-state index is 11.9. The van der Waals surface area contributed by atoms with Gasteiger partial charge in [0, 0.05) is 12.7 Å². The average Bonchev–Trinajstić information content (AvgIpc) is 2.84. The van der Waals surface area contributed by atoms with E-state index in [0.29, 0.717) is 6.54 Å². The van der Waals surface area contributed by atoms with Crippen molar-refractivity contribution in [3.63, 3.8) is 0 Å². The molecule has 1 aliphatic heterocycles. The topological polar surface area (TPSA) is 89.2 Å². The average molecular weight is 211 g/mol. The van der Waals surface area contributed by atoms with Crippen LogP contribution in [0.25, 0.3) is 0 Å². The second-order valence-corrected chi connectivity index (χ2v) is 3.63. The van der Waals surface area contributed by atoms with Crippen molar-refractivity contribution in [3.8, 4) is 0 Å². The number of aliphatic hydroxyl groups excluding tert-OH is 1. The first-order valence-electron chi connectivity index (χ1n) is 4.92. The summed E-state index contributed by atoms with van der Waals surface area (Å²) in [6.45, 7) is 0.609. The van der Waals surface area contributed by atoms with E-state index in [2.05, 4.69) is 9.97 Å². The van der Waals surface area contributed by atoms with Crippen molar-refractivity contribution in [1.82, 2.24) is 14.9 Å². The highest BCUT2D eigenvalue weighted by Crippen LogP contribution is 2.18. The van der Waals surface area contributed by atoms with Crippen LogP contribution in [0.15, 0.2) is 11.0 Å². The van der Waals surface area contributed by atoms with E-state index >= 15 is 0 Å². The molecule has 82 valence electrons. The van der Waals surface area contributed by atoms with E-state index in [1.54, 1.807) is 4.90 Å². The number of aromatic amines is 2. The molecular formula is C9H13N3O3. The molecule has 0 bridgehead atoms. The van der Waals surface area contributed by atoms with Gasteiger partial charge in [-0.15, -0.1) is 0 Å². The van der Waals surface area contributed by atoms with Crippen LogP contribution in [0.3, 0.4) is 0 Å². The SMILES string of the molecule is O=C(c1c[nH]c(=O)[nH]1)N1CCC[C@H]1CO. The van der Waals surface area contributed by atoms with E-state index in [1.807, 2.05) is 0 Å². The van der Waals surface area contributed by atoms with Crippen LogP contribution in [0.2, 0.25) is 0 Å². The zero-order chi connectivity index (χ0) is 10.8. The van der Waals surface area contributed by atoms with Gasteiger partial charge in [-0.25, -0.2) is 4.79 Å². The van der Waals surface area contributed by atoms with Gasteiger partial charge in [0.2, 0.25) is 0 Å². The fraction of sp³-hybridized carbons (Fsp3) is 0.556. The first-order chi connectivity index (χ1) is 7.22. The number of hydrogen-bond donors (Lipinski definition) is 3. The quantitative estimate of drug-likeness (QED) is 0.604. The summed E-state index contributed by atoms with van der Waals surface area (Å²) in [4.78, 5) is 29.1. The molecule has 0 saturated carbocycles. The molecule has 1 saturated heterocycles. The van der Waals surface area contributed by atoms with Crippen LogP contribution >= 0.6 is 0 Å². The molecule has 1 aliphatic rings. The van der Waals surface area contributed by atoms with Gasteiger partial charge in [0.15, 0.2) is 0 Å². The molecule has 2 heterocycles. The van der Waals surface area contributed by atoms with Gasteiger partial charge in [0.1, 0.15) is 5.69 Å². The van der Waals surface area contributed by atoms with Gasteiger partial charge < -0.3 is 20.0 Å². The Morgan fingerprint density at radius 1 is 1.67 bits per heavy atom. The zero-order valence-corrected chi connectivity index (χ0v) is 8.19. The van der Waals surface area contributed by atoms with Gasteiger partial charge in [-0.05, 0) is 12.8 Å². The maximum Gasteiger partial charge on any atom is 0.323 e. The number of aromatic nitrogens is 2. The van der Waals surface area contributed by atoms with Gasteiger partial charge in [0.25, 0.3) is 5.91 Å². The lowest BCUT2D eigenvalue weighted by Crippen LogP contribution is -2.37. The number of carbonyl (C=O) groups is 1. The first-order valence-corrected chi connectivity index (χ1v) is 4.92. The number of nitrogens with zero attached hydrogens (tertiary/aromatic N) is 1. The number of hydrogen-bond acceptors (Lipinski definition) is 3. The third kappa shape index (κ3) is 1.80. The summed E-state index contributed by atoms with van der Waals surface area (Å²) < 4.78 is 0. The van der Waals surface area contributed by atoms with Crippen molar-refractivity contribution in [2.75, 3.05) is 13.2 Å². The molecule has 0 aromatic carbocycles. The van der Waals surface area contributed by atoms with Gasteiger partial charge in [0.05, 0.1) is 12.6 Å². The lowest BCUT2D eigenvalue weighted by molar-refractivity contribution is 0.0672. The summed E-state index contributed by atoms with van der Waals surface area (Å²) in [6.07, 6.45) is 3.07. The highest BCUT2D eigenvalue weighted by atomic mass is 16.3. The summed E-state index contributed by atoms with van der Waals surface area (Å²) in [5.41, 5.74) is -0.140. The summed E-state index contributed by atoms with van der Waals surface area (Å²) >= 11 is 0. The number of rotatable bonds is 2. The van der Waals surface area contributed by atoms with Crippen LogP contribution in [0.5, 0.6) is 0 Å². The molecule has 1 fully saturated rings. The highest BCUT2D eigenvalue weighted by Gasteiger charge is 2.29. The van der Waals surface area contributed by atoms with Gasteiger partial charge in [-0.2, -0.15) is 0 Å². The molecule has 0 radical (unpaired) electrons. The van der Waals surface area contributed by atoms with E-state index < -0.39 is 5.69 Å². The largest absolute Gasteiger partial charge is 0.394 e. The number of nitrogens with one attached hydrogen (secondary N) is 2. The molecule has 1 aromatic heterocycles. The Bertz CT molecular complexity index is 409. The summed E-state index contributed by atoms with van der Waals surface area (Å²) in [5, 5.41) is 9.06. The predicted molar refractivity (Wildman–Crippen MR) is 52.6 cm³/mol. The Labute approximate surface area is 85.9 Å². The standard InChI is InChI=1S/C9H13N3O3/c13-5-6-2-1-3-12(6)8(14)7-4-10-9(15)11-7/h4,6,13H,1-3,5H2,(H2,10,11,15)/t6-/m0/s1. The van der Waals surface area contributed by atoms with Gasteiger partial charge >= 0.3 is 5.69 Å². The van der Waals surface area contributed by atoms with Crippen molar-refractivity contribution in [2.24, 2.45) is 0 Å². The van der Waals surface area contributed by atoms with Gasteiger partial charge in [-0.1, -0.05) is 0 Å². The van der Waals surface area contributed by atoms with Crippen LogP contribution < -0.4 is 5.69 Å². The minimum Gasteiger partial charge on any atom is -0.394 e. The lowest BCUT2D eigenvalue weighted by Gasteiger charge is -2.21. The number of likely N-dealkylation sites (tertiary alicyclic amines) is 1. The molecule has 15 heavy (non-hydrogen) atoms.